The van der Waals surface area contributed by atoms with Gasteiger partial charge in [-0.25, -0.2) is 4.79 Å². The number of nitrogens with one attached hydrogen (secondary N) is 2. The lowest BCUT2D eigenvalue weighted by atomic mass is 10.1. The topological polar surface area (TPSA) is 124 Å². The largest absolute Gasteiger partial charge is 0.482 e. The van der Waals surface area contributed by atoms with E-state index >= 15 is 0 Å². The molecule has 4 N–H and O–H groups in total. The van der Waals surface area contributed by atoms with Crippen LogP contribution < -0.4 is 15.8 Å². The number of benzene rings is 2. The number of carbonyl (C=O) groups is 2. The Morgan fingerprint density at radius 1 is 1.03 bits per heavy atom. The van der Waals surface area contributed by atoms with E-state index in [4.69, 9.17) is 20.6 Å². The van der Waals surface area contributed by atoms with Gasteiger partial charge in [0.15, 0.2) is 6.61 Å². The van der Waals surface area contributed by atoms with E-state index < -0.39 is 5.97 Å². The molecule has 2 rings (SSSR count). The van der Waals surface area contributed by atoms with Crippen molar-refractivity contribution in [1.82, 2.24) is 5.32 Å². The van der Waals surface area contributed by atoms with E-state index in [1.54, 1.807) is 55.6 Å². The number of methoxy groups -OCH3 is 2. The maximum Gasteiger partial charge on any atom is 0.343 e. The summed E-state index contributed by atoms with van der Waals surface area (Å²) in [6, 6.07) is 13.5. The van der Waals surface area contributed by atoms with E-state index in [2.05, 4.69) is 10.1 Å². The Kier molecular flexibility index (Phi) is 9.64. The van der Waals surface area contributed by atoms with Gasteiger partial charge in [0.25, 0.3) is 5.91 Å². The fraction of sp³-hybridized carbons (Fsp3) is 0.250. The van der Waals surface area contributed by atoms with E-state index in [1.807, 2.05) is 0 Å². The Bertz CT molecular complexity index is 825. The van der Waals surface area contributed by atoms with Gasteiger partial charge in [0.1, 0.15) is 11.6 Å². The number of halogens is 1. The van der Waals surface area contributed by atoms with Gasteiger partial charge in [0, 0.05) is 24.8 Å². The van der Waals surface area contributed by atoms with Crippen molar-refractivity contribution in [2.45, 2.75) is 6.10 Å². The van der Waals surface area contributed by atoms with Crippen LogP contribution in [0.25, 0.3) is 0 Å². The molecule has 0 aliphatic rings. The molecule has 1 atom stereocenters. The van der Waals surface area contributed by atoms with Crippen LogP contribution in [-0.4, -0.2) is 45.1 Å². The van der Waals surface area contributed by atoms with Crippen LogP contribution in [0.15, 0.2) is 48.5 Å². The average Bonchev–Trinajstić information content (AvgIpc) is 2.73. The second-order valence-electron chi connectivity index (χ2n) is 5.86. The van der Waals surface area contributed by atoms with E-state index in [0.29, 0.717) is 16.9 Å². The molecule has 2 aromatic rings. The molecule has 0 heterocycles. The third-order valence-corrected chi connectivity index (χ3v) is 4.03. The molecule has 9 heteroatoms. The van der Waals surface area contributed by atoms with Gasteiger partial charge in [-0.2, -0.15) is 0 Å². The zero-order chi connectivity index (χ0) is 20.5. The van der Waals surface area contributed by atoms with Crippen molar-refractivity contribution in [3.05, 3.63) is 65.2 Å². The quantitative estimate of drug-likeness (QED) is 0.323. The summed E-state index contributed by atoms with van der Waals surface area (Å²) in [4.78, 5) is 23.4. The third kappa shape index (κ3) is 7.10. The summed E-state index contributed by atoms with van der Waals surface area (Å²) in [6.07, 6.45) is -0.352. The summed E-state index contributed by atoms with van der Waals surface area (Å²) in [5.74, 6) is -0.239. The molecule has 0 saturated carbocycles. The van der Waals surface area contributed by atoms with Crippen LogP contribution in [0.3, 0.4) is 0 Å². The Morgan fingerprint density at radius 2 is 1.62 bits per heavy atom. The van der Waals surface area contributed by atoms with Crippen LogP contribution >= 0.6 is 12.4 Å². The first-order valence-corrected chi connectivity index (χ1v) is 8.49. The smallest absolute Gasteiger partial charge is 0.343 e. The van der Waals surface area contributed by atoms with Crippen LogP contribution in [0.5, 0.6) is 5.75 Å². The summed E-state index contributed by atoms with van der Waals surface area (Å²) in [5, 5.41) is 10.2. The van der Waals surface area contributed by atoms with Crippen molar-refractivity contribution >= 4 is 30.1 Å². The van der Waals surface area contributed by atoms with Gasteiger partial charge in [-0.05, 0) is 29.8 Å². The number of hydrogen-bond acceptors (Lipinski definition) is 6. The summed E-state index contributed by atoms with van der Waals surface area (Å²) < 4.78 is 15.3. The number of nitrogens with two attached hydrogens (primary N) is 1. The van der Waals surface area contributed by atoms with Crippen molar-refractivity contribution < 1.29 is 23.8 Å². The first kappa shape index (κ1) is 23.9. The summed E-state index contributed by atoms with van der Waals surface area (Å²) in [7, 11) is 2.85. The molecule has 0 saturated heterocycles. The van der Waals surface area contributed by atoms with Crippen molar-refractivity contribution in [2.24, 2.45) is 5.73 Å². The lowest BCUT2D eigenvalue weighted by molar-refractivity contribution is -0.142. The lowest BCUT2D eigenvalue weighted by Crippen LogP contribution is -2.29. The van der Waals surface area contributed by atoms with E-state index in [-0.39, 0.29) is 43.4 Å². The number of ether oxygens (including phenoxy) is 3. The number of rotatable bonds is 9. The molecule has 0 aliphatic heterocycles. The van der Waals surface area contributed by atoms with Gasteiger partial charge in [0.05, 0.1) is 13.2 Å². The van der Waals surface area contributed by atoms with Crippen LogP contribution in [0.1, 0.15) is 27.6 Å². The lowest BCUT2D eigenvalue weighted by Gasteiger charge is -2.17. The molecule has 29 heavy (non-hydrogen) atoms. The minimum absolute atomic E-state index is 0. The predicted octanol–water partition coefficient (Wildman–Crippen LogP) is 2.06. The SMILES string of the molecule is COC(=O)COc1ccc(C(CNC(=O)c2ccc(C(=N)N)cc2)OC)cc1.Cl. The summed E-state index contributed by atoms with van der Waals surface area (Å²) >= 11 is 0. The van der Waals surface area contributed by atoms with Gasteiger partial charge < -0.3 is 25.3 Å². The molecule has 0 radical (unpaired) electrons. The Labute approximate surface area is 175 Å². The molecule has 2 aromatic carbocycles. The zero-order valence-corrected chi connectivity index (χ0v) is 17.0. The van der Waals surface area contributed by atoms with Crippen molar-refractivity contribution in [1.29, 1.82) is 5.41 Å². The van der Waals surface area contributed by atoms with Crippen LogP contribution in [0.2, 0.25) is 0 Å². The minimum Gasteiger partial charge on any atom is -0.482 e. The Balaban J connectivity index is 0.00000420. The molecule has 0 aromatic heterocycles. The molecule has 1 amide bonds. The normalized spacial score (nSPS) is 11.0. The second-order valence-corrected chi connectivity index (χ2v) is 5.86. The molecule has 8 nitrogen and oxygen atoms in total. The standard InChI is InChI=1S/C20H23N3O5.ClH/c1-26-17(13-7-9-16(10-8-13)28-12-18(24)27-2)11-23-20(25)15-5-3-14(4-6-15)19(21)22;/h3-10,17H,11-12H2,1-2H3,(H3,21,22)(H,23,25);1H. The summed E-state index contributed by atoms with van der Waals surface area (Å²) in [6.45, 7) is 0.105. The Hall–Kier alpha value is -3.10. The van der Waals surface area contributed by atoms with Crippen molar-refractivity contribution in [3.8, 4) is 5.75 Å². The highest BCUT2D eigenvalue weighted by Gasteiger charge is 2.14. The fourth-order valence-electron chi connectivity index (χ4n) is 2.41. The molecular weight excluding hydrogens is 398 g/mol. The maximum absolute atomic E-state index is 12.3. The monoisotopic (exact) mass is 421 g/mol. The molecule has 0 aliphatic carbocycles. The third-order valence-electron chi connectivity index (χ3n) is 4.03. The first-order valence-electron chi connectivity index (χ1n) is 8.49. The van der Waals surface area contributed by atoms with Crippen LogP contribution in [0, 0.1) is 5.41 Å². The van der Waals surface area contributed by atoms with E-state index in [0.717, 1.165) is 5.56 Å². The highest BCUT2D eigenvalue weighted by atomic mass is 35.5. The van der Waals surface area contributed by atoms with Crippen molar-refractivity contribution in [2.75, 3.05) is 27.4 Å². The van der Waals surface area contributed by atoms with Crippen LogP contribution in [-0.2, 0) is 14.3 Å². The van der Waals surface area contributed by atoms with E-state index in [1.165, 1.54) is 7.11 Å². The number of nitrogen functional groups attached to an aromatic ring is 1. The van der Waals surface area contributed by atoms with Gasteiger partial charge in [-0.3, -0.25) is 10.2 Å². The number of hydrogen-bond donors (Lipinski definition) is 3. The number of carbonyl (C=O) groups excluding carboxylic acids is 2. The maximum atomic E-state index is 12.3. The van der Waals surface area contributed by atoms with Crippen LogP contribution in [0.4, 0.5) is 0 Å². The van der Waals surface area contributed by atoms with Gasteiger partial charge in [0.2, 0.25) is 0 Å². The van der Waals surface area contributed by atoms with Gasteiger partial charge >= 0.3 is 5.97 Å². The highest BCUT2D eigenvalue weighted by molar-refractivity contribution is 5.98. The molecule has 1 unspecified atom stereocenters. The van der Waals surface area contributed by atoms with Crippen molar-refractivity contribution in [3.63, 3.8) is 0 Å². The Morgan fingerprint density at radius 3 is 2.14 bits per heavy atom. The molecule has 0 bridgehead atoms. The second kappa shape index (κ2) is 11.7. The minimum atomic E-state index is -0.460. The van der Waals surface area contributed by atoms with E-state index in [9.17, 15) is 9.59 Å². The highest BCUT2D eigenvalue weighted by Crippen LogP contribution is 2.20. The average molecular weight is 422 g/mol. The molecular formula is C20H24ClN3O5. The molecule has 156 valence electrons. The first-order chi connectivity index (χ1) is 13.4. The van der Waals surface area contributed by atoms with Gasteiger partial charge in [-0.15, -0.1) is 12.4 Å². The molecule has 0 spiro atoms. The summed E-state index contributed by atoms with van der Waals surface area (Å²) in [5.41, 5.74) is 7.27. The fourth-order valence-corrected chi connectivity index (χ4v) is 2.41. The van der Waals surface area contributed by atoms with Gasteiger partial charge in [-0.1, -0.05) is 24.3 Å². The number of amidine groups is 1. The molecule has 0 fully saturated rings. The number of esters is 1. The predicted molar refractivity (Wildman–Crippen MR) is 111 cm³/mol. The number of amides is 1. The zero-order valence-electron chi connectivity index (χ0n) is 16.1.